The second-order valence-electron chi connectivity index (χ2n) is 5.19. The topological polar surface area (TPSA) is 118 Å². The quantitative estimate of drug-likeness (QED) is 0.626. The smallest absolute Gasteiger partial charge is 0.270 e. The number of β-amino-alcohol motifs (C(OH)–C–C–N with tert-alkyl or cyclic N) is 1. The van der Waals surface area contributed by atoms with Gasteiger partial charge in [-0.2, -0.15) is 0 Å². The fraction of sp³-hybridized carbons (Fsp3) is 0.615. The van der Waals surface area contributed by atoms with Gasteiger partial charge in [0.05, 0.1) is 31.8 Å². The van der Waals surface area contributed by atoms with Crippen molar-refractivity contribution in [3.8, 4) is 0 Å². The SMILES string of the molecule is NCCC(=O)N1CCOCC(O)(CNC(=O)c2cscn2)C1. The Morgan fingerprint density at radius 1 is 1.59 bits per heavy atom. The zero-order valence-electron chi connectivity index (χ0n) is 12.2. The van der Waals surface area contributed by atoms with Crippen molar-refractivity contribution in [2.75, 3.05) is 39.4 Å². The highest BCUT2D eigenvalue weighted by Gasteiger charge is 2.34. The first-order valence-electron chi connectivity index (χ1n) is 6.98. The van der Waals surface area contributed by atoms with Gasteiger partial charge in [0.2, 0.25) is 5.91 Å². The standard InChI is InChI=1S/C13H20N4O4S/c14-2-1-11(18)17-3-4-21-8-13(20,7-17)6-15-12(19)10-5-22-9-16-10/h5,9,20H,1-4,6-8,14H2,(H,15,19). The number of ether oxygens (including phenoxy) is 1. The van der Waals surface area contributed by atoms with Gasteiger partial charge in [-0.25, -0.2) is 4.98 Å². The zero-order chi connectivity index (χ0) is 16.0. The van der Waals surface area contributed by atoms with E-state index in [-0.39, 0.29) is 44.5 Å². The summed E-state index contributed by atoms with van der Waals surface area (Å²) in [6, 6.07) is 0. The molecule has 1 aromatic heterocycles. The lowest BCUT2D eigenvalue weighted by atomic mass is 10.0. The molecule has 0 aliphatic carbocycles. The molecule has 0 bridgehead atoms. The molecular formula is C13H20N4O4S. The van der Waals surface area contributed by atoms with Crippen LogP contribution in [0.1, 0.15) is 16.9 Å². The van der Waals surface area contributed by atoms with Gasteiger partial charge < -0.3 is 25.8 Å². The minimum absolute atomic E-state index is 0.0181. The molecule has 8 nitrogen and oxygen atoms in total. The number of thiazole rings is 1. The lowest BCUT2D eigenvalue weighted by molar-refractivity contribution is -0.133. The van der Waals surface area contributed by atoms with Crippen molar-refractivity contribution in [1.82, 2.24) is 15.2 Å². The van der Waals surface area contributed by atoms with Crippen LogP contribution >= 0.6 is 11.3 Å². The highest BCUT2D eigenvalue weighted by atomic mass is 32.1. The van der Waals surface area contributed by atoms with Crippen LogP contribution in [-0.4, -0.2) is 71.8 Å². The number of amides is 2. The second kappa shape index (κ2) is 7.63. The van der Waals surface area contributed by atoms with Gasteiger partial charge in [-0.3, -0.25) is 9.59 Å². The summed E-state index contributed by atoms with van der Waals surface area (Å²) in [6.45, 7) is 1.14. The molecule has 0 radical (unpaired) electrons. The first-order valence-corrected chi connectivity index (χ1v) is 7.93. The Bertz CT molecular complexity index is 510. The second-order valence-corrected chi connectivity index (χ2v) is 5.91. The first kappa shape index (κ1) is 16.8. The molecule has 0 saturated carbocycles. The van der Waals surface area contributed by atoms with Gasteiger partial charge in [-0.05, 0) is 0 Å². The minimum atomic E-state index is -1.33. The van der Waals surface area contributed by atoms with Gasteiger partial charge in [-0.1, -0.05) is 0 Å². The number of rotatable bonds is 5. The molecule has 1 unspecified atom stereocenters. The molecule has 122 valence electrons. The van der Waals surface area contributed by atoms with Crippen LogP contribution in [0.2, 0.25) is 0 Å². The molecule has 2 amide bonds. The van der Waals surface area contributed by atoms with Crippen LogP contribution in [0.25, 0.3) is 0 Å². The Morgan fingerprint density at radius 2 is 2.41 bits per heavy atom. The predicted molar refractivity (Wildman–Crippen MR) is 80.5 cm³/mol. The van der Waals surface area contributed by atoms with Gasteiger partial charge in [0, 0.05) is 24.9 Å². The molecule has 2 heterocycles. The molecule has 1 aliphatic heterocycles. The summed E-state index contributed by atoms with van der Waals surface area (Å²) in [6.07, 6.45) is 0.223. The molecule has 22 heavy (non-hydrogen) atoms. The van der Waals surface area contributed by atoms with E-state index in [1.165, 1.54) is 16.2 Å². The fourth-order valence-corrected chi connectivity index (χ4v) is 2.71. The van der Waals surface area contributed by atoms with Crippen LogP contribution in [0.15, 0.2) is 10.9 Å². The van der Waals surface area contributed by atoms with Crippen LogP contribution < -0.4 is 11.1 Å². The Labute approximate surface area is 132 Å². The van der Waals surface area contributed by atoms with Gasteiger partial charge in [0.15, 0.2) is 0 Å². The van der Waals surface area contributed by atoms with Crippen molar-refractivity contribution < 1.29 is 19.4 Å². The van der Waals surface area contributed by atoms with Crippen molar-refractivity contribution in [2.45, 2.75) is 12.0 Å². The van der Waals surface area contributed by atoms with E-state index in [0.717, 1.165) is 0 Å². The van der Waals surface area contributed by atoms with E-state index < -0.39 is 5.60 Å². The summed E-state index contributed by atoms with van der Waals surface area (Å²) in [5.41, 5.74) is 5.93. The number of aromatic nitrogens is 1. The van der Waals surface area contributed by atoms with Crippen molar-refractivity contribution in [2.24, 2.45) is 5.73 Å². The maximum atomic E-state index is 11.9. The average molecular weight is 328 g/mol. The van der Waals surface area contributed by atoms with Crippen molar-refractivity contribution in [1.29, 1.82) is 0 Å². The highest BCUT2D eigenvalue weighted by molar-refractivity contribution is 7.07. The number of nitrogens with zero attached hydrogens (tertiary/aromatic N) is 2. The summed E-state index contributed by atoms with van der Waals surface area (Å²) >= 11 is 1.32. The first-order chi connectivity index (χ1) is 10.5. The Kier molecular flexibility index (Phi) is 5.83. The summed E-state index contributed by atoms with van der Waals surface area (Å²) in [7, 11) is 0. The molecular weight excluding hydrogens is 308 g/mol. The van der Waals surface area contributed by atoms with E-state index in [9.17, 15) is 14.7 Å². The van der Waals surface area contributed by atoms with E-state index in [1.807, 2.05) is 0 Å². The molecule has 1 fully saturated rings. The minimum Gasteiger partial charge on any atom is -0.384 e. The molecule has 9 heteroatoms. The number of carbonyl (C=O) groups excluding carboxylic acids is 2. The molecule has 2 rings (SSSR count). The summed E-state index contributed by atoms with van der Waals surface area (Å²) < 4.78 is 5.35. The van der Waals surface area contributed by atoms with E-state index in [2.05, 4.69) is 10.3 Å². The van der Waals surface area contributed by atoms with E-state index in [0.29, 0.717) is 18.8 Å². The Hall–Kier alpha value is -1.55. The molecule has 4 N–H and O–H groups in total. The number of nitrogens with one attached hydrogen (secondary N) is 1. The zero-order valence-corrected chi connectivity index (χ0v) is 13.0. The number of hydrogen-bond donors (Lipinski definition) is 3. The van der Waals surface area contributed by atoms with Gasteiger partial charge in [-0.15, -0.1) is 11.3 Å². The third-order valence-electron chi connectivity index (χ3n) is 3.32. The Morgan fingerprint density at radius 3 is 3.09 bits per heavy atom. The molecule has 1 aromatic rings. The fourth-order valence-electron chi connectivity index (χ4n) is 2.18. The molecule has 0 aromatic carbocycles. The molecule has 0 spiro atoms. The van der Waals surface area contributed by atoms with Crippen LogP contribution in [0.5, 0.6) is 0 Å². The van der Waals surface area contributed by atoms with Gasteiger partial charge >= 0.3 is 0 Å². The predicted octanol–water partition coefficient (Wildman–Crippen LogP) is -1.19. The Balaban J connectivity index is 1.94. The van der Waals surface area contributed by atoms with Crippen LogP contribution in [-0.2, 0) is 9.53 Å². The molecule has 1 saturated heterocycles. The molecule has 1 aliphatic rings. The van der Waals surface area contributed by atoms with Crippen molar-refractivity contribution in [3.63, 3.8) is 0 Å². The third kappa shape index (κ3) is 4.47. The normalized spacial score (nSPS) is 22.2. The monoisotopic (exact) mass is 328 g/mol. The average Bonchev–Trinajstić information content (AvgIpc) is 2.96. The lowest BCUT2D eigenvalue weighted by Gasteiger charge is -2.30. The molecule has 1 atom stereocenters. The van der Waals surface area contributed by atoms with Crippen LogP contribution in [0.4, 0.5) is 0 Å². The van der Waals surface area contributed by atoms with Gasteiger partial charge in [0.1, 0.15) is 11.3 Å². The summed E-state index contributed by atoms with van der Waals surface area (Å²) in [5, 5.41) is 14.9. The largest absolute Gasteiger partial charge is 0.384 e. The number of nitrogens with two attached hydrogens (primary N) is 1. The van der Waals surface area contributed by atoms with E-state index in [1.54, 1.807) is 10.9 Å². The van der Waals surface area contributed by atoms with Crippen LogP contribution in [0.3, 0.4) is 0 Å². The number of aliphatic hydroxyl groups is 1. The lowest BCUT2D eigenvalue weighted by Crippen LogP contribution is -2.53. The van der Waals surface area contributed by atoms with Crippen molar-refractivity contribution >= 4 is 23.2 Å². The van der Waals surface area contributed by atoms with Crippen LogP contribution in [0, 0.1) is 0 Å². The maximum absolute atomic E-state index is 11.9. The van der Waals surface area contributed by atoms with E-state index >= 15 is 0 Å². The maximum Gasteiger partial charge on any atom is 0.270 e. The van der Waals surface area contributed by atoms with Gasteiger partial charge in [0.25, 0.3) is 5.91 Å². The van der Waals surface area contributed by atoms with Crippen molar-refractivity contribution in [3.05, 3.63) is 16.6 Å². The summed E-state index contributed by atoms with van der Waals surface area (Å²) in [4.78, 5) is 29.3. The van der Waals surface area contributed by atoms with E-state index in [4.69, 9.17) is 10.5 Å². The summed E-state index contributed by atoms with van der Waals surface area (Å²) in [5.74, 6) is -0.490. The number of hydrogen-bond acceptors (Lipinski definition) is 7. The number of carbonyl (C=O) groups is 2. The third-order valence-corrected chi connectivity index (χ3v) is 3.90. The highest BCUT2D eigenvalue weighted by Crippen LogP contribution is 2.13.